The number of hydrogen-bond donors (Lipinski definition) is 0. The van der Waals surface area contributed by atoms with Crippen molar-refractivity contribution in [3.63, 3.8) is 0 Å². The van der Waals surface area contributed by atoms with Gasteiger partial charge in [-0.1, -0.05) is 42.2 Å². The summed E-state index contributed by atoms with van der Waals surface area (Å²) in [4.78, 5) is 3.22. The lowest BCUT2D eigenvalue weighted by Crippen LogP contribution is -2.15. The van der Waals surface area contributed by atoms with Crippen LogP contribution in [0.1, 0.15) is 0 Å². The highest BCUT2D eigenvalue weighted by Gasteiger charge is 2.07. The zero-order valence-electron chi connectivity index (χ0n) is 8.56. The molecule has 1 aromatic heterocycles. The van der Waals surface area contributed by atoms with E-state index in [2.05, 4.69) is 29.6 Å². The average molecular weight is 253 g/mol. The Morgan fingerprint density at radius 2 is 2.07 bits per heavy atom. The Morgan fingerprint density at radius 1 is 1.33 bits per heavy atom. The Balaban J connectivity index is 2.33. The first-order chi connectivity index (χ1) is 7.18. The minimum atomic E-state index is 0.901. The maximum absolute atomic E-state index is 5.28. The zero-order chi connectivity index (χ0) is 10.8. The number of hydrogen-bond acceptors (Lipinski definition) is 3. The predicted molar refractivity (Wildman–Crippen MR) is 74.0 cm³/mol. The number of fused-ring (bicyclic) bond motifs is 1. The molecule has 0 atom stereocenters. The van der Waals surface area contributed by atoms with Gasteiger partial charge in [0.05, 0.1) is 0 Å². The molecular formula is C11H11NS3. The third kappa shape index (κ3) is 2.33. The van der Waals surface area contributed by atoms with Crippen molar-refractivity contribution in [3.05, 3.63) is 29.6 Å². The van der Waals surface area contributed by atoms with E-state index in [1.54, 1.807) is 23.1 Å². The SMILES string of the molecule is CN(C)C(=S)Sc1csc2ccccc12. The molecule has 0 amide bonds. The van der Waals surface area contributed by atoms with Gasteiger partial charge in [-0.3, -0.25) is 0 Å². The fourth-order valence-corrected chi connectivity index (χ4v) is 3.37. The van der Waals surface area contributed by atoms with Crippen LogP contribution >= 0.6 is 35.3 Å². The van der Waals surface area contributed by atoms with E-state index >= 15 is 0 Å². The fraction of sp³-hybridized carbons (Fsp3) is 0.182. The summed E-state index contributed by atoms with van der Waals surface area (Å²) in [6.45, 7) is 0. The van der Waals surface area contributed by atoms with E-state index in [9.17, 15) is 0 Å². The Bertz CT molecular complexity index is 487. The molecule has 0 aliphatic heterocycles. The van der Waals surface area contributed by atoms with E-state index < -0.39 is 0 Å². The summed E-state index contributed by atoms with van der Waals surface area (Å²) in [6.07, 6.45) is 0. The molecule has 0 unspecified atom stereocenters. The van der Waals surface area contributed by atoms with Crippen molar-refractivity contribution in [3.8, 4) is 0 Å². The maximum atomic E-state index is 5.28. The van der Waals surface area contributed by atoms with Gasteiger partial charge in [-0.2, -0.15) is 0 Å². The van der Waals surface area contributed by atoms with Gasteiger partial charge in [0, 0.05) is 34.5 Å². The molecule has 0 fully saturated rings. The van der Waals surface area contributed by atoms with Crippen LogP contribution in [-0.4, -0.2) is 23.3 Å². The third-order valence-corrected chi connectivity index (χ3v) is 4.83. The Kier molecular flexibility index (Phi) is 3.29. The number of nitrogens with zero attached hydrogens (tertiary/aromatic N) is 1. The largest absolute Gasteiger partial charge is 0.363 e. The summed E-state index contributed by atoms with van der Waals surface area (Å²) in [5.74, 6) is 0. The predicted octanol–water partition coefficient (Wildman–Crippen LogP) is 3.84. The molecule has 0 N–H and O–H groups in total. The summed E-state index contributed by atoms with van der Waals surface area (Å²) < 4.78 is 2.22. The maximum Gasteiger partial charge on any atom is 0.140 e. The van der Waals surface area contributed by atoms with E-state index in [1.165, 1.54) is 15.0 Å². The molecule has 1 nitrogen and oxygen atoms in total. The van der Waals surface area contributed by atoms with Crippen LogP contribution in [-0.2, 0) is 0 Å². The summed E-state index contributed by atoms with van der Waals surface area (Å²) in [5.41, 5.74) is 0. The molecule has 15 heavy (non-hydrogen) atoms. The quantitative estimate of drug-likeness (QED) is 0.561. The highest BCUT2D eigenvalue weighted by Crippen LogP contribution is 2.34. The topological polar surface area (TPSA) is 3.24 Å². The third-order valence-electron chi connectivity index (χ3n) is 2.01. The normalized spacial score (nSPS) is 10.5. The second kappa shape index (κ2) is 4.51. The van der Waals surface area contributed by atoms with Crippen LogP contribution in [0.3, 0.4) is 0 Å². The highest BCUT2D eigenvalue weighted by molar-refractivity contribution is 8.23. The smallest absolute Gasteiger partial charge is 0.140 e. The van der Waals surface area contributed by atoms with Crippen molar-refractivity contribution in [1.82, 2.24) is 4.90 Å². The minimum Gasteiger partial charge on any atom is -0.363 e. The first-order valence-corrected chi connectivity index (χ1v) is 6.64. The average Bonchev–Trinajstić information content (AvgIpc) is 2.62. The van der Waals surface area contributed by atoms with Crippen molar-refractivity contribution in [2.45, 2.75) is 4.90 Å². The van der Waals surface area contributed by atoms with Gasteiger partial charge in [0.2, 0.25) is 0 Å². The summed E-state index contributed by atoms with van der Waals surface area (Å²) in [6, 6.07) is 8.42. The van der Waals surface area contributed by atoms with Crippen LogP contribution < -0.4 is 0 Å². The molecule has 0 aliphatic carbocycles. The molecule has 4 heteroatoms. The van der Waals surface area contributed by atoms with Gasteiger partial charge in [0.15, 0.2) is 0 Å². The summed E-state index contributed by atoms with van der Waals surface area (Å²) >= 11 is 8.71. The minimum absolute atomic E-state index is 0.901. The lowest BCUT2D eigenvalue weighted by molar-refractivity contribution is 0.648. The molecule has 78 valence electrons. The Hall–Kier alpha value is -0.580. The van der Waals surface area contributed by atoms with E-state index in [0.29, 0.717) is 0 Å². The second-order valence-corrected chi connectivity index (χ2v) is 5.95. The van der Waals surface area contributed by atoms with Crippen molar-refractivity contribution in [2.75, 3.05) is 14.1 Å². The second-order valence-electron chi connectivity index (χ2n) is 3.36. The van der Waals surface area contributed by atoms with Crippen molar-refractivity contribution >= 4 is 49.7 Å². The van der Waals surface area contributed by atoms with Gasteiger partial charge in [-0.15, -0.1) is 11.3 Å². The van der Waals surface area contributed by atoms with E-state index in [0.717, 1.165) is 4.32 Å². The van der Waals surface area contributed by atoms with Crippen molar-refractivity contribution in [1.29, 1.82) is 0 Å². The van der Waals surface area contributed by atoms with Crippen molar-refractivity contribution < 1.29 is 0 Å². The molecular weight excluding hydrogens is 242 g/mol. The lowest BCUT2D eigenvalue weighted by atomic mass is 10.3. The summed E-state index contributed by atoms with van der Waals surface area (Å²) in [7, 11) is 3.95. The summed E-state index contributed by atoms with van der Waals surface area (Å²) in [5, 5.41) is 3.47. The number of thioether (sulfide) groups is 1. The van der Waals surface area contributed by atoms with E-state index in [-0.39, 0.29) is 0 Å². The van der Waals surface area contributed by atoms with Crippen LogP contribution in [0.15, 0.2) is 34.5 Å². The molecule has 1 heterocycles. The number of thiocarbonyl (C=S) groups is 1. The molecule has 0 bridgehead atoms. The fourth-order valence-electron chi connectivity index (χ4n) is 1.22. The van der Waals surface area contributed by atoms with Crippen molar-refractivity contribution in [2.24, 2.45) is 0 Å². The monoisotopic (exact) mass is 253 g/mol. The van der Waals surface area contributed by atoms with Crippen LogP contribution in [0, 0.1) is 0 Å². The van der Waals surface area contributed by atoms with Gasteiger partial charge < -0.3 is 4.90 Å². The molecule has 0 aliphatic rings. The van der Waals surface area contributed by atoms with E-state index in [4.69, 9.17) is 12.2 Å². The molecule has 2 rings (SSSR count). The highest BCUT2D eigenvalue weighted by atomic mass is 32.2. The van der Waals surface area contributed by atoms with Crippen LogP contribution in [0.2, 0.25) is 0 Å². The molecule has 0 radical (unpaired) electrons. The van der Waals surface area contributed by atoms with Crippen LogP contribution in [0.4, 0.5) is 0 Å². The number of thiophene rings is 1. The van der Waals surface area contributed by atoms with Gasteiger partial charge >= 0.3 is 0 Å². The van der Waals surface area contributed by atoms with Crippen LogP contribution in [0.5, 0.6) is 0 Å². The van der Waals surface area contributed by atoms with Gasteiger partial charge in [0.25, 0.3) is 0 Å². The van der Waals surface area contributed by atoms with Gasteiger partial charge in [0.1, 0.15) is 4.32 Å². The van der Waals surface area contributed by atoms with Gasteiger partial charge in [-0.05, 0) is 6.07 Å². The van der Waals surface area contributed by atoms with E-state index in [1.807, 2.05) is 19.0 Å². The molecule has 1 aromatic carbocycles. The number of rotatable bonds is 1. The Morgan fingerprint density at radius 3 is 2.80 bits per heavy atom. The lowest BCUT2D eigenvalue weighted by Gasteiger charge is -2.11. The first kappa shape index (κ1) is 10.9. The molecule has 0 saturated heterocycles. The molecule has 2 aromatic rings. The molecule has 0 saturated carbocycles. The standard InChI is InChI=1S/C11H11NS3/c1-12(2)11(13)15-10-7-14-9-6-4-3-5-8(9)10/h3-7H,1-2H3. The van der Waals surface area contributed by atoms with Crippen LogP contribution in [0.25, 0.3) is 10.1 Å². The zero-order valence-corrected chi connectivity index (χ0v) is 11.0. The number of benzene rings is 1. The van der Waals surface area contributed by atoms with Gasteiger partial charge in [-0.25, -0.2) is 0 Å². The molecule has 0 spiro atoms. The Labute approximate surface area is 103 Å². The first-order valence-electron chi connectivity index (χ1n) is 4.54.